The second kappa shape index (κ2) is 6.07. The standard InChI is InChI=1S/C13H15NO4/c1-16-11-5-2-4-10(8-11)9-17-13(15)12-6-3-7-18-14-12/h2,4-6,8,14H,3,7,9H2,1H3. The number of nitrogens with one attached hydrogen (secondary N) is 1. The summed E-state index contributed by atoms with van der Waals surface area (Å²) in [6, 6.07) is 7.38. The fourth-order valence-electron chi connectivity index (χ4n) is 1.55. The number of hydrogen-bond acceptors (Lipinski definition) is 5. The first-order valence-corrected chi connectivity index (χ1v) is 5.67. The highest BCUT2D eigenvalue weighted by Crippen LogP contribution is 2.14. The Kier molecular flexibility index (Phi) is 4.20. The number of carbonyl (C=O) groups excluding carboxylic acids is 1. The fraction of sp³-hybridized carbons (Fsp3) is 0.308. The van der Waals surface area contributed by atoms with Crippen molar-refractivity contribution in [2.75, 3.05) is 13.7 Å². The van der Waals surface area contributed by atoms with Crippen LogP contribution in [-0.2, 0) is 21.0 Å². The van der Waals surface area contributed by atoms with Gasteiger partial charge >= 0.3 is 5.97 Å². The van der Waals surface area contributed by atoms with Gasteiger partial charge in [-0.05, 0) is 30.2 Å². The van der Waals surface area contributed by atoms with E-state index in [4.69, 9.17) is 14.3 Å². The van der Waals surface area contributed by atoms with Gasteiger partial charge in [-0.25, -0.2) is 4.79 Å². The lowest BCUT2D eigenvalue weighted by atomic mass is 10.2. The topological polar surface area (TPSA) is 56.8 Å². The van der Waals surface area contributed by atoms with Gasteiger partial charge in [-0.15, -0.1) is 0 Å². The summed E-state index contributed by atoms with van der Waals surface area (Å²) >= 11 is 0. The third-order valence-electron chi connectivity index (χ3n) is 2.47. The molecule has 0 amide bonds. The van der Waals surface area contributed by atoms with Gasteiger partial charge in [-0.2, -0.15) is 0 Å². The average molecular weight is 249 g/mol. The minimum atomic E-state index is -0.419. The van der Waals surface area contributed by atoms with E-state index in [1.54, 1.807) is 13.2 Å². The van der Waals surface area contributed by atoms with Crippen LogP contribution in [0.4, 0.5) is 0 Å². The van der Waals surface area contributed by atoms with Crippen molar-refractivity contribution in [2.45, 2.75) is 13.0 Å². The van der Waals surface area contributed by atoms with Crippen molar-refractivity contribution in [1.29, 1.82) is 0 Å². The number of hydrogen-bond donors (Lipinski definition) is 1. The normalized spacial score (nSPS) is 14.4. The van der Waals surface area contributed by atoms with Gasteiger partial charge in [0, 0.05) is 0 Å². The highest BCUT2D eigenvalue weighted by atomic mass is 16.6. The number of benzene rings is 1. The van der Waals surface area contributed by atoms with Crippen LogP contribution >= 0.6 is 0 Å². The van der Waals surface area contributed by atoms with Crippen molar-refractivity contribution < 1.29 is 19.1 Å². The number of rotatable bonds is 4. The molecule has 5 heteroatoms. The lowest BCUT2D eigenvalue weighted by Gasteiger charge is -2.14. The molecule has 0 bridgehead atoms. The van der Waals surface area contributed by atoms with E-state index >= 15 is 0 Å². The molecule has 0 aromatic heterocycles. The van der Waals surface area contributed by atoms with Crippen LogP contribution in [0.5, 0.6) is 5.75 Å². The van der Waals surface area contributed by atoms with Gasteiger partial charge in [0.2, 0.25) is 0 Å². The Morgan fingerprint density at radius 2 is 2.39 bits per heavy atom. The molecule has 1 aromatic rings. The zero-order valence-electron chi connectivity index (χ0n) is 10.1. The van der Waals surface area contributed by atoms with Gasteiger partial charge in [0.25, 0.3) is 0 Å². The Hall–Kier alpha value is -2.01. The first-order valence-electron chi connectivity index (χ1n) is 5.67. The van der Waals surface area contributed by atoms with Crippen LogP contribution in [0.15, 0.2) is 36.0 Å². The highest BCUT2D eigenvalue weighted by Gasteiger charge is 2.13. The molecule has 0 aliphatic carbocycles. The summed E-state index contributed by atoms with van der Waals surface area (Å²) in [6.07, 6.45) is 2.47. The molecule has 0 unspecified atom stereocenters. The van der Waals surface area contributed by atoms with E-state index in [2.05, 4.69) is 5.48 Å². The van der Waals surface area contributed by atoms with Crippen molar-refractivity contribution >= 4 is 5.97 Å². The Labute approximate surface area is 105 Å². The summed E-state index contributed by atoms with van der Waals surface area (Å²) in [4.78, 5) is 16.6. The van der Waals surface area contributed by atoms with E-state index in [-0.39, 0.29) is 6.61 Å². The molecule has 1 heterocycles. The summed E-state index contributed by atoms with van der Waals surface area (Å²) in [5, 5.41) is 0. The van der Waals surface area contributed by atoms with Crippen LogP contribution in [0.1, 0.15) is 12.0 Å². The summed E-state index contributed by atoms with van der Waals surface area (Å²) in [5.74, 6) is 0.319. The zero-order valence-corrected chi connectivity index (χ0v) is 10.1. The van der Waals surface area contributed by atoms with Gasteiger partial charge in [0.15, 0.2) is 0 Å². The smallest absolute Gasteiger partial charge is 0.356 e. The maximum absolute atomic E-state index is 11.7. The van der Waals surface area contributed by atoms with Crippen molar-refractivity contribution in [3.8, 4) is 5.75 Å². The van der Waals surface area contributed by atoms with Crippen molar-refractivity contribution in [1.82, 2.24) is 5.48 Å². The molecule has 0 saturated heterocycles. The van der Waals surface area contributed by atoms with E-state index < -0.39 is 5.97 Å². The first-order chi connectivity index (χ1) is 8.79. The molecular weight excluding hydrogens is 234 g/mol. The van der Waals surface area contributed by atoms with Crippen LogP contribution in [0.2, 0.25) is 0 Å². The predicted octanol–water partition coefficient (Wildman–Crippen LogP) is 1.55. The van der Waals surface area contributed by atoms with Crippen LogP contribution < -0.4 is 10.2 Å². The molecule has 1 N–H and O–H groups in total. The zero-order chi connectivity index (χ0) is 12.8. The third kappa shape index (κ3) is 3.24. The second-order valence-electron chi connectivity index (χ2n) is 3.78. The number of hydroxylamine groups is 1. The minimum Gasteiger partial charge on any atom is -0.497 e. The SMILES string of the molecule is COc1cccc(COC(=O)C2=CCCON2)c1. The van der Waals surface area contributed by atoms with Crippen molar-refractivity contribution in [3.05, 3.63) is 41.6 Å². The Balaban J connectivity index is 1.90. The van der Waals surface area contributed by atoms with Crippen LogP contribution in [0, 0.1) is 0 Å². The van der Waals surface area contributed by atoms with Gasteiger partial charge < -0.3 is 9.47 Å². The molecule has 0 radical (unpaired) electrons. The molecule has 2 rings (SSSR count). The summed E-state index contributed by atoms with van der Waals surface area (Å²) < 4.78 is 10.3. The van der Waals surface area contributed by atoms with Gasteiger partial charge in [0.05, 0.1) is 13.7 Å². The van der Waals surface area contributed by atoms with E-state index in [1.807, 2.05) is 24.3 Å². The maximum atomic E-state index is 11.7. The monoisotopic (exact) mass is 249 g/mol. The molecule has 1 aliphatic heterocycles. The molecule has 0 atom stereocenters. The van der Waals surface area contributed by atoms with Gasteiger partial charge in [0.1, 0.15) is 18.1 Å². The Morgan fingerprint density at radius 1 is 1.50 bits per heavy atom. The van der Waals surface area contributed by atoms with E-state index in [0.717, 1.165) is 11.3 Å². The first kappa shape index (κ1) is 12.4. The largest absolute Gasteiger partial charge is 0.497 e. The molecule has 0 saturated carbocycles. The van der Waals surface area contributed by atoms with Crippen LogP contribution in [-0.4, -0.2) is 19.7 Å². The molecule has 5 nitrogen and oxygen atoms in total. The van der Waals surface area contributed by atoms with E-state index in [0.29, 0.717) is 18.7 Å². The molecule has 1 aliphatic rings. The molecule has 18 heavy (non-hydrogen) atoms. The molecule has 0 spiro atoms. The lowest BCUT2D eigenvalue weighted by Crippen LogP contribution is -2.26. The summed E-state index contributed by atoms with van der Waals surface area (Å²) in [5.41, 5.74) is 3.77. The van der Waals surface area contributed by atoms with E-state index in [9.17, 15) is 4.79 Å². The van der Waals surface area contributed by atoms with Gasteiger partial charge in [-0.1, -0.05) is 12.1 Å². The number of methoxy groups -OCH3 is 1. The Bertz CT molecular complexity index is 456. The van der Waals surface area contributed by atoms with Crippen LogP contribution in [0.25, 0.3) is 0 Å². The molecular formula is C13H15NO4. The van der Waals surface area contributed by atoms with Crippen molar-refractivity contribution in [2.24, 2.45) is 0 Å². The second-order valence-corrected chi connectivity index (χ2v) is 3.78. The minimum absolute atomic E-state index is 0.203. The summed E-state index contributed by atoms with van der Waals surface area (Å²) in [6.45, 7) is 0.766. The average Bonchev–Trinajstić information content (AvgIpc) is 2.46. The highest BCUT2D eigenvalue weighted by molar-refractivity contribution is 5.87. The quantitative estimate of drug-likeness (QED) is 0.820. The van der Waals surface area contributed by atoms with Gasteiger partial charge in [-0.3, -0.25) is 10.3 Å². The summed E-state index contributed by atoms with van der Waals surface area (Å²) in [7, 11) is 1.60. The number of carbonyl (C=O) groups is 1. The maximum Gasteiger partial charge on any atom is 0.356 e. The number of esters is 1. The predicted molar refractivity (Wildman–Crippen MR) is 64.6 cm³/mol. The molecule has 1 aromatic carbocycles. The third-order valence-corrected chi connectivity index (χ3v) is 2.47. The Morgan fingerprint density at radius 3 is 3.11 bits per heavy atom. The molecule has 96 valence electrons. The number of ether oxygens (including phenoxy) is 2. The molecule has 0 fully saturated rings. The lowest BCUT2D eigenvalue weighted by molar-refractivity contribution is -0.142. The van der Waals surface area contributed by atoms with Crippen molar-refractivity contribution in [3.63, 3.8) is 0 Å². The van der Waals surface area contributed by atoms with Crippen LogP contribution in [0.3, 0.4) is 0 Å². The fourth-order valence-corrected chi connectivity index (χ4v) is 1.55. The van der Waals surface area contributed by atoms with E-state index in [1.165, 1.54) is 0 Å².